The molecule has 1 unspecified atom stereocenters. The summed E-state index contributed by atoms with van der Waals surface area (Å²) in [5, 5.41) is 8.94. The van der Waals surface area contributed by atoms with Crippen LogP contribution in [0.3, 0.4) is 0 Å². The lowest BCUT2D eigenvalue weighted by Crippen LogP contribution is -2.25. The number of aliphatic hydroxyl groups is 1. The van der Waals surface area contributed by atoms with Crippen LogP contribution in [0.1, 0.15) is 13.3 Å². The predicted octanol–water partition coefficient (Wildman–Crippen LogP) is -0.665. The monoisotopic (exact) mass is 210 g/mol. The summed E-state index contributed by atoms with van der Waals surface area (Å²) >= 11 is 0. The van der Waals surface area contributed by atoms with Crippen molar-refractivity contribution in [2.75, 3.05) is 6.61 Å². The lowest BCUT2D eigenvalue weighted by atomic mass is 9.98. The molecular weight excluding hydrogens is 198 g/mol. The van der Waals surface area contributed by atoms with Crippen molar-refractivity contribution >= 4 is 15.7 Å². The first kappa shape index (κ1) is 13.1. The first-order chi connectivity index (χ1) is 5.85. The van der Waals surface area contributed by atoms with Crippen molar-refractivity contribution in [2.24, 2.45) is 0 Å². The Hall–Kier alpha value is 0.0949. The molecule has 0 aliphatic heterocycles. The fraction of sp³-hybridized carbons (Fsp3) is 1.00. The van der Waals surface area contributed by atoms with Gasteiger partial charge in [-0.15, -0.1) is 0 Å². The van der Waals surface area contributed by atoms with E-state index in [0.717, 1.165) is 0 Å². The van der Waals surface area contributed by atoms with Crippen molar-refractivity contribution in [3.8, 4) is 0 Å². The average molecular weight is 210 g/mol. The normalized spacial score (nSPS) is 16.9. The standard InChI is InChI=1S/C5H12BO6P/c1-2-4(6)12-5(7)3-11-13(8,9)10/h4-5,7H,2-3H2,1H3,(H2,8,9,10)/t4-,5?/m1/s1. The Kier molecular flexibility index (Phi) is 5.79. The fourth-order valence-corrected chi connectivity index (χ4v) is 0.820. The summed E-state index contributed by atoms with van der Waals surface area (Å²) in [6.45, 7) is 1.12. The summed E-state index contributed by atoms with van der Waals surface area (Å²) in [5.74, 6) is 0. The maximum atomic E-state index is 10.2. The molecule has 0 fully saturated rings. The fourth-order valence-electron chi connectivity index (χ4n) is 0.498. The third-order valence-electron chi connectivity index (χ3n) is 1.12. The molecule has 0 rings (SSSR count). The second-order valence-corrected chi connectivity index (χ2v) is 3.56. The molecule has 2 radical (unpaired) electrons. The van der Waals surface area contributed by atoms with E-state index in [1.54, 1.807) is 6.92 Å². The molecule has 8 heteroatoms. The van der Waals surface area contributed by atoms with Crippen LogP contribution in [0.25, 0.3) is 0 Å². The summed E-state index contributed by atoms with van der Waals surface area (Å²) in [4.78, 5) is 16.5. The molecule has 0 heterocycles. The lowest BCUT2D eigenvalue weighted by Gasteiger charge is -2.17. The molecule has 0 aromatic rings. The quantitative estimate of drug-likeness (QED) is 0.305. The van der Waals surface area contributed by atoms with Crippen molar-refractivity contribution in [3.63, 3.8) is 0 Å². The zero-order valence-electron chi connectivity index (χ0n) is 7.16. The van der Waals surface area contributed by atoms with E-state index in [1.165, 1.54) is 0 Å². The van der Waals surface area contributed by atoms with Crippen LogP contribution in [-0.2, 0) is 13.8 Å². The third kappa shape index (κ3) is 8.43. The zero-order chi connectivity index (χ0) is 10.5. The highest BCUT2D eigenvalue weighted by molar-refractivity contribution is 7.46. The number of aliphatic hydroxyl groups excluding tert-OH is 1. The molecule has 13 heavy (non-hydrogen) atoms. The summed E-state index contributed by atoms with van der Waals surface area (Å²) < 4.78 is 18.8. The van der Waals surface area contributed by atoms with Crippen LogP contribution < -0.4 is 0 Å². The SMILES string of the molecule is [B][C@@H](CC)OC(O)COP(=O)(O)O. The molecule has 0 saturated heterocycles. The van der Waals surface area contributed by atoms with E-state index in [-0.39, 0.29) is 0 Å². The molecular formula is C5H12BO6P. The van der Waals surface area contributed by atoms with Gasteiger partial charge in [-0.1, -0.05) is 6.92 Å². The minimum Gasteiger partial charge on any atom is -0.366 e. The second-order valence-electron chi connectivity index (χ2n) is 2.32. The van der Waals surface area contributed by atoms with Crippen LogP contribution in [0.4, 0.5) is 0 Å². The number of hydrogen-bond donors (Lipinski definition) is 3. The van der Waals surface area contributed by atoms with E-state index >= 15 is 0 Å². The number of rotatable bonds is 6. The summed E-state index contributed by atoms with van der Waals surface area (Å²) in [6, 6.07) is -0.671. The van der Waals surface area contributed by atoms with Crippen LogP contribution in [0, 0.1) is 0 Å². The van der Waals surface area contributed by atoms with Gasteiger partial charge in [0.25, 0.3) is 0 Å². The van der Waals surface area contributed by atoms with E-state index < -0.39 is 26.7 Å². The van der Waals surface area contributed by atoms with Gasteiger partial charge in [0.1, 0.15) is 14.5 Å². The van der Waals surface area contributed by atoms with Gasteiger partial charge in [0, 0.05) is 6.00 Å². The van der Waals surface area contributed by atoms with E-state index in [0.29, 0.717) is 6.42 Å². The van der Waals surface area contributed by atoms with Crippen LogP contribution >= 0.6 is 7.82 Å². The Morgan fingerprint density at radius 3 is 2.46 bits per heavy atom. The molecule has 6 nitrogen and oxygen atoms in total. The molecule has 0 spiro atoms. The molecule has 0 aliphatic carbocycles. The Morgan fingerprint density at radius 1 is 1.54 bits per heavy atom. The van der Waals surface area contributed by atoms with Crippen molar-refractivity contribution in [1.82, 2.24) is 0 Å². The van der Waals surface area contributed by atoms with Gasteiger partial charge in [-0.2, -0.15) is 0 Å². The Morgan fingerprint density at radius 2 is 2.08 bits per heavy atom. The van der Waals surface area contributed by atoms with Gasteiger partial charge in [0.15, 0.2) is 6.29 Å². The van der Waals surface area contributed by atoms with Gasteiger partial charge < -0.3 is 19.6 Å². The minimum absolute atomic E-state index is 0.479. The number of hydrogen-bond acceptors (Lipinski definition) is 4. The van der Waals surface area contributed by atoms with Gasteiger partial charge in [-0.05, 0) is 6.42 Å². The van der Waals surface area contributed by atoms with Gasteiger partial charge >= 0.3 is 7.82 Å². The minimum atomic E-state index is -4.55. The van der Waals surface area contributed by atoms with Crippen molar-refractivity contribution in [3.05, 3.63) is 0 Å². The molecule has 3 N–H and O–H groups in total. The third-order valence-corrected chi connectivity index (χ3v) is 1.60. The molecule has 2 atom stereocenters. The van der Waals surface area contributed by atoms with E-state index in [2.05, 4.69) is 9.26 Å². The van der Waals surface area contributed by atoms with Crippen LogP contribution in [0.2, 0.25) is 0 Å². The molecule has 0 aliphatic rings. The maximum Gasteiger partial charge on any atom is 0.469 e. The van der Waals surface area contributed by atoms with Crippen molar-refractivity contribution in [2.45, 2.75) is 25.6 Å². The Labute approximate surface area is 77.5 Å². The smallest absolute Gasteiger partial charge is 0.366 e. The van der Waals surface area contributed by atoms with Gasteiger partial charge in [0.2, 0.25) is 0 Å². The topological polar surface area (TPSA) is 96.2 Å². The van der Waals surface area contributed by atoms with Crippen LogP contribution in [-0.4, -0.2) is 41.6 Å². The lowest BCUT2D eigenvalue weighted by molar-refractivity contribution is -0.134. The van der Waals surface area contributed by atoms with Crippen molar-refractivity contribution < 1.29 is 28.7 Å². The first-order valence-corrected chi connectivity index (χ1v) is 5.17. The highest BCUT2D eigenvalue weighted by Crippen LogP contribution is 2.35. The van der Waals surface area contributed by atoms with E-state index in [1.807, 2.05) is 0 Å². The van der Waals surface area contributed by atoms with Gasteiger partial charge in [-0.25, -0.2) is 4.57 Å². The van der Waals surface area contributed by atoms with E-state index in [4.69, 9.17) is 22.7 Å². The average Bonchev–Trinajstić information content (AvgIpc) is 1.99. The van der Waals surface area contributed by atoms with Crippen LogP contribution in [0.5, 0.6) is 0 Å². The zero-order valence-corrected chi connectivity index (χ0v) is 8.05. The first-order valence-electron chi connectivity index (χ1n) is 3.64. The number of phosphoric ester groups is 1. The van der Waals surface area contributed by atoms with Gasteiger partial charge in [-0.3, -0.25) is 4.52 Å². The molecule has 0 aromatic heterocycles. The summed E-state index contributed by atoms with van der Waals surface area (Å²) in [7, 11) is 0.729. The highest BCUT2D eigenvalue weighted by Gasteiger charge is 2.17. The largest absolute Gasteiger partial charge is 0.469 e. The predicted molar refractivity (Wildman–Crippen MR) is 44.9 cm³/mol. The molecule has 0 saturated carbocycles. The summed E-state index contributed by atoms with van der Waals surface area (Å²) in [6.07, 6.45) is -0.949. The Bertz CT molecular complexity index is 182. The Balaban J connectivity index is 3.63. The molecule has 0 amide bonds. The van der Waals surface area contributed by atoms with Gasteiger partial charge in [0.05, 0.1) is 0 Å². The molecule has 76 valence electrons. The van der Waals surface area contributed by atoms with Crippen LogP contribution in [0.15, 0.2) is 0 Å². The second kappa shape index (κ2) is 5.75. The summed E-state index contributed by atoms with van der Waals surface area (Å²) in [5.41, 5.74) is 0. The number of ether oxygens (including phenoxy) is 1. The molecule has 0 bridgehead atoms. The van der Waals surface area contributed by atoms with E-state index in [9.17, 15) is 4.57 Å². The highest BCUT2D eigenvalue weighted by atomic mass is 31.2. The molecule has 0 aromatic carbocycles. The maximum absolute atomic E-state index is 10.2. The number of phosphoric acid groups is 1. The van der Waals surface area contributed by atoms with Crippen molar-refractivity contribution in [1.29, 1.82) is 0 Å².